The van der Waals surface area contributed by atoms with E-state index in [9.17, 15) is 0 Å². The van der Waals surface area contributed by atoms with Gasteiger partial charge in [-0.2, -0.15) is 0 Å². The molecule has 17 heavy (non-hydrogen) atoms. The molecule has 1 aliphatic heterocycles. The van der Waals surface area contributed by atoms with Gasteiger partial charge in [0.2, 0.25) is 0 Å². The van der Waals surface area contributed by atoms with Crippen molar-refractivity contribution in [1.82, 2.24) is 5.32 Å². The van der Waals surface area contributed by atoms with E-state index in [-0.39, 0.29) is 6.61 Å². The molecule has 0 aromatic heterocycles. The minimum atomic E-state index is 0.179. The first-order chi connectivity index (χ1) is 8.40. The first kappa shape index (κ1) is 12.2. The van der Waals surface area contributed by atoms with Crippen LogP contribution in [0, 0.1) is 0 Å². The Morgan fingerprint density at radius 3 is 2.53 bits per heavy atom. The largest absolute Gasteiger partial charge is 0.494 e. The Kier molecular flexibility index (Phi) is 4.64. The van der Waals surface area contributed by atoms with Gasteiger partial charge in [0.05, 0.1) is 6.61 Å². The molecule has 1 aromatic rings. The van der Waals surface area contributed by atoms with Gasteiger partial charge in [0.1, 0.15) is 5.75 Å². The molecule has 4 nitrogen and oxygen atoms in total. The predicted octanol–water partition coefficient (Wildman–Crippen LogP) is 0.857. The van der Waals surface area contributed by atoms with Crippen molar-refractivity contribution in [2.24, 2.45) is 0 Å². The fourth-order valence-electron chi connectivity index (χ4n) is 1.93. The van der Waals surface area contributed by atoms with E-state index >= 15 is 0 Å². The smallest absolute Gasteiger partial charge is 0.119 e. The zero-order chi connectivity index (χ0) is 11.9. The predicted molar refractivity (Wildman–Crippen MR) is 68.7 cm³/mol. The number of piperazine rings is 1. The number of benzene rings is 1. The highest BCUT2D eigenvalue weighted by molar-refractivity contribution is 5.49. The molecule has 94 valence electrons. The molecule has 0 atom stereocenters. The quantitative estimate of drug-likeness (QED) is 0.744. The molecule has 1 saturated heterocycles. The Morgan fingerprint density at radius 1 is 1.18 bits per heavy atom. The molecule has 2 N–H and O–H groups in total. The number of anilines is 1. The Labute approximate surface area is 102 Å². The SMILES string of the molecule is OCCCOc1ccc(N2CCNCC2)cc1. The van der Waals surface area contributed by atoms with Crippen LogP contribution in [0.1, 0.15) is 6.42 Å². The maximum atomic E-state index is 8.67. The van der Waals surface area contributed by atoms with Gasteiger partial charge in [-0.15, -0.1) is 0 Å². The molecule has 0 bridgehead atoms. The number of aliphatic hydroxyl groups is 1. The third kappa shape index (κ3) is 3.61. The van der Waals surface area contributed by atoms with E-state index in [2.05, 4.69) is 22.3 Å². The maximum absolute atomic E-state index is 8.67. The summed E-state index contributed by atoms with van der Waals surface area (Å²) in [6, 6.07) is 8.18. The first-order valence-corrected chi connectivity index (χ1v) is 6.19. The van der Waals surface area contributed by atoms with Gasteiger partial charge in [-0.3, -0.25) is 0 Å². The molecule has 2 rings (SSSR count). The number of aliphatic hydroxyl groups excluding tert-OH is 1. The zero-order valence-electron chi connectivity index (χ0n) is 10.1. The van der Waals surface area contributed by atoms with Crippen molar-refractivity contribution in [1.29, 1.82) is 0 Å². The summed E-state index contributed by atoms with van der Waals surface area (Å²) in [7, 11) is 0. The van der Waals surface area contributed by atoms with E-state index in [4.69, 9.17) is 9.84 Å². The van der Waals surface area contributed by atoms with Crippen molar-refractivity contribution in [3.8, 4) is 5.75 Å². The number of ether oxygens (including phenoxy) is 1. The lowest BCUT2D eigenvalue weighted by Crippen LogP contribution is -2.43. The Balaban J connectivity index is 1.88. The summed E-state index contributed by atoms with van der Waals surface area (Å²) in [6.07, 6.45) is 0.680. The topological polar surface area (TPSA) is 44.7 Å². The standard InChI is InChI=1S/C13H20N2O2/c16-10-1-11-17-13-4-2-12(3-5-13)15-8-6-14-7-9-15/h2-5,14,16H,1,6-11H2. The lowest BCUT2D eigenvalue weighted by Gasteiger charge is -2.29. The van der Waals surface area contributed by atoms with E-state index in [1.807, 2.05) is 12.1 Å². The molecule has 0 amide bonds. The van der Waals surface area contributed by atoms with E-state index in [1.54, 1.807) is 0 Å². The van der Waals surface area contributed by atoms with Crippen LogP contribution in [0.2, 0.25) is 0 Å². The second-order valence-electron chi connectivity index (χ2n) is 4.16. The zero-order valence-corrected chi connectivity index (χ0v) is 10.1. The van der Waals surface area contributed by atoms with Crippen LogP contribution in [0.5, 0.6) is 5.75 Å². The van der Waals surface area contributed by atoms with Crippen molar-refractivity contribution in [2.75, 3.05) is 44.3 Å². The molecular weight excluding hydrogens is 216 g/mol. The highest BCUT2D eigenvalue weighted by Gasteiger charge is 2.09. The fraction of sp³-hybridized carbons (Fsp3) is 0.538. The van der Waals surface area contributed by atoms with Gasteiger partial charge in [-0.05, 0) is 24.3 Å². The number of rotatable bonds is 5. The van der Waals surface area contributed by atoms with Gasteiger partial charge >= 0.3 is 0 Å². The van der Waals surface area contributed by atoms with Gasteiger partial charge < -0.3 is 20.1 Å². The number of hydrogen-bond donors (Lipinski definition) is 2. The van der Waals surface area contributed by atoms with Crippen LogP contribution in [0.25, 0.3) is 0 Å². The Hall–Kier alpha value is -1.26. The molecule has 1 aliphatic rings. The maximum Gasteiger partial charge on any atom is 0.119 e. The van der Waals surface area contributed by atoms with Crippen LogP contribution >= 0.6 is 0 Å². The lowest BCUT2D eigenvalue weighted by molar-refractivity contribution is 0.233. The molecule has 4 heteroatoms. The monoisotopic (exact) mass is 236 g/mol. The van der Waals surface area contributed by atoms with Crippen molar-refractivity contribution in [2.45, 2.75) is 6.42 Å². The third-order valence-corrected chi connectivity index (χ3v) is 2.89. The average molecular weight is 236 g/mol. The molecule has 1 fully saturated rings. The highest BCUT2D eigenvalue weighted by Crippen LogP contribution is 2.19. The molecule has 0 aliphatic carbocycles. The molecule has 1 aromatic carbocycles. The molecule has 0 saturated carbocycles. The summed E-state index contributed by atoms with van der Waals surface area (Å²) in [4.78, 5) is 2.37. The molecular formula is C13H20N2O2. The van der Waals surface area contributed by atoms with Gasteiger partial charge in [0.15, 0.2) is 0 Å². The van der Waals surface area contributed by atoms with Gasteiger partial charge in [-0.25, -0.2) is 0 Å². The second kappa shape index (κ2) is 6.47. The summed E-state index contributed by atoms with van der Waals surface area (Å²) >= 11 is 0. The Morgan fingerprint density at radius 2 is 1.88 bits per heavy atom. The van der Waals surface area contributed by atoms with Crippen LogP contribution in [0.4, 0.5) is 5.69 Å². The fourth-order valence-corrected chi connectivity index (χ4v) is 1.93. The summed E-state index contributed by atoms with van der Waals surface area (Å²) < 4.78 is 5.50. The van der Waals surface area contributed by atoms with E-state index < -0.39 is 0 Å². The second-order valence-corrected chi connectivity index (χ2v) is 4.16. The van der Waals surface area contributed by atoms with Crippen molar-refractivity contribution in [3.63, 3.8) is 0 Å². The molecule has 1 heterocycles. The van der Waals surface area contributed by atoms with Crippen LogP contribution in [-0.4, -0.2) is 44.5 Å². The van der Waals surface area contributed by atoms with E-state index in [0.717, 1.165) is 31.9 Å². The lowest BCUT2D eigenvalue weighted by atomic mass is 10.2. The molecule has 0 spiro atoms. The van der Waals surface area contributed by atoms with Crippen LogP contribution in [0.15, 0.2) is 24.3 Å². The van der Waals surface area contributed by atoms with Crippen LogP contribution in [0.3, 0.4) is 0 Å². The summed E-state index contributed by atoms with van der Waals surface area (Å²) in [6.45, 7) is 4.97. The third-order valence-electron chi connectivity index (χ3n) is 2.89. The van der Waals surface area contributed by atoms with Gasteiger partial charge in [0.25, 0.3) is 0 Å². The Bertz CT molecular complexity index is 321. The van der Waals surface area contributed by atoms with Crippen LogP contribution < -0.4 is 15.0 Å². The normalized spacial score (nSPS) is 15.9. The van der Waals surface area contributed by atoms with E-state index in [0.29, 0.717) is 13.0 Å². The number of hydrogen-bond acceptors (Lipinski definition) is 4. The summed E-state index contributed by atoms with van der Waals surface area (Å²) in [5, 5.41) is 12.0. The summed E-state index contributed by atoms with van der Waals surface area (Å²) in [5.74, 6) is 0.873. The summed E-state index contributed by atoms with van der Waals surface area (Å²) in [5.41, 5.74) is 1.25. The minimum Gasteiger partial charge on any atom is -0.494 e. The van der Waals surface area contributed by atoms with Gasteiger partial charge in [0, 0.05) is 44.9 Å². The van der Waals surface area contributed by atoms with E-state index in [1.165, 1.54) is 5.69 Å². The number of nitrogens with one attached hydrogen (secondary N) is 1. The van der Waals surface area contributed by atoms with Gasteiger partial charge in [-0.1, -0.05) is 0 Å². The highest BCUT2D eigenvalue weighted by atomic mass is 16.5. The van der Waals surface area contributed by atoms with Crippen molar-refractivity contribution in [3.05, 3.63) is 24.3 Å². The molecule has 0 radical (unpaired) electrons. The van der Waals surface area contributed by atoms with Crippen molar-refractivity contribution < 1.29 is 9.84 Å². The minimum absolute atomic E-state index is 0.179. The average Bonchev–Trinajstić information content (AvgIpc) is 2.41. The van der Waals surface area contributed by atoms with Crippen molar-refractivity contribution >= 4 is 5.69 Å². The first-order valence-electron chi connectivity index (χ1n) is 6.19. The number of nitrogens with zero attached hydrogens (tertiary/aromatic N) is 1. The van der Waals surface area contributed by atoms with Crippen LogP contribution in [-0.2, 0) is 0 Å². The molecule has 0 unspecified atom stereocenters.